The zero-order chi connectivity index (χ0) is 18.8. The average molecular weight is 364 g/mol. The van der Waals surface area contributed by atoms with E-state index in [0.29, 0.717) is 11.6 Å². The van der Waals surface area contributed by atoms with Crippen LogP contribution in [0.15, 0.2) is 41.1 Å². The number of nitrogens with one attached hydrogen (secondary N) is 1. The minimum Gasteiger partial charge on any atom is -0.368 e. The van der Waals surface area contributed by atoms with E-state index in [9.17, 15) is 0 Å². The van der Waals surface area contributed by atoms with Gasteiger partial charge in [0.15, 0.2) is 5.82 Å². The molecular weight excluding hydrogens is 340 g/mol. The first-order chi connectivity index (χ1) is 13.1. The molecule has 0 spiro atoms. The second-order valence-electron chi connectivity index (χ2n) is 6.88. The fourth-order valence-corrected chi connectivity index (χ4v) is 3.35. The van der Waals surface area contributed by atoms with Crippen molar-refractivity contribution in [1.82, 2.24) is 15.1 Å². The van der Waals surface area contributed by atoms with Gasteiger partial charge in [0.05, 0.1) is 0 Å². The average Bonchev–Trinajstić information content (AvgIpc) is 3.09. The summed E-state index contributed by atoms with van der Waals surface area (Å²) in [6.45, 7) is 9.90. The molecule has 3 heterocycles. The molecule has 0 amide bonds. The van der Waals surface area contributed by atoms with Crippen molar-refractivity contribution < 1.29 is 4.52 Å². The number of hydrogen-bond acceptors (Lipinski definition) is 7. The van der Waals surface area contributed by atoms with Crippen LogP contribution in [0.5, 0.6) is 0 Å². The van der Waals surface area contributed by atoms with E-state index in [2.05, 4.69) is 62.3 Å². The maximum Gasteiger partial charge on any atom is 0.227 e. The Hall–Kier alpha value is -3.09. The van der Waals surface area contributed by atoms with E-state index in [0.717, 1.165) is 37.9 Å². The molecule has 2 aromatic heterocycles. The second kappa shape index (κ2) is 7.26. The van der Waals surface area contributed by atoms with Crippen molar-refractivity contribution >= 4 is 23.3 Å². The van der Waals surface area contributed by atoms with Crippen LogP contribution < -0.4 is 15.1 Å². The summed E-state index contributed by atoms with van der Waals surface area (Å²) in [6.07, 6.45) is 1.77. The molecule has 7 nitrogen and oxygen atoms in total. The molecule has 1 N–H and O–H groups in total. The van der Waals surface area contributed by atoms with Gasteiger partial charge < -0.3 is 19.6 Å². The van der Waals surface area contributed by atoms with Gasteiger partial charge in [0.1, 0.15) is 11.6 Å². The van der Waals surface area contributed by atoms with Crippen LogP contribution in [0.4, 0.5) is 23.3 Å². The Labute approximate surface area is 159 Å². The van der Waals surface area contributed by atoms with Crippen molar-refractivity contribution in [3.8, 4) is 0 Å². The van der Waals surface area contributed by atoms with Gasteiger partial charge in [-0.3, -0.25) is 0 Å². The minimum absolute atomic E-state index is 0.650. The Morgan fingerprint density at radius 2 is 1.74 bits per heavy atom. The number of nitrogens with zero attached hydrogens (tertiary/aromatic N) is 5. The van der Waals surface area contributed by atoms with E-state index in [1.165, 1.54) is 16.8 Å². The monoisotopic (exact) mass is 364 g/mol. The molecule has 0 saturated carbocycles. The third-order valence-corrected chi connectivity index (χ3v) is 5.01. The van der Waals surface area contributed by atoms with Gasteiger partial charge in [0, 0.05) is 44.1 Å². The van der Waals surface area contributed by atoms with Crippen molar-refractivity contribution in [3.05, 3.63) is 53.4 Å². The lowest BCUT2D eigenvalue weighted by Gasteiger charge is -2.37. The largest absolute Gasteiger partial charge is 0.368 e. The Kier molecular flexibility index (Phi) is 4.66. The molecule has 1 aliphatic rings. The van der Waals surface area contributed by atoms with Gasteiger partial charge in [0.25, 0.3) is 0 Å². The SMILES string of the molecule is Cc1cc(Nc2ccnc(N3CCN(c4cccc(C)c4C)CC3)n2)no1. The van der Waals surface area contributed by atoms with Crippen LogP contribution >= 0.6 is 0 Å². The summed E-state index contributed by atoms with van der Waals surface area (Å²) in [5.41, 5.74) is 4.02. The fourth-order valence-electron chi connectivity index (χ4n) is 3.35. The Bertz CT molecular complexity index is 930. The molecule has 1 aliphatic heterocycles. The Morgan fingerprint density at radius 3 is 2.48 bits per heavy atom. The van der Waals surface area contributed by atoms with Crippen LogP contribution in [-0.2, 0) is 0 Å². The van der Waals surface area contributed by atoms with Crippen LogP contribution in [-0.4, -0.2) is 41.3 Å². The summed E-state index contributed by atoms with van der Waals surface area (Å²) in [4.78, 5) is 13.8. The topological polar surface area (TPSA) is 70.3 Å². The number of anilines is 4. The van der Waals surface area contributed by atoms with E-state index in [-0.39, 0.29) is 0 Å². The smallest absolute Gasteiger partial charge is 0.227 e. The molecule has 1 fully saturated rings. The molecule has 7 heteroatoms. The lowest BCUT2D eigenvalue weighted by atomic mass is 10.1. The van der Waals surface area contributed by atoms with Crippen molar-refractivity contribution in [2.24, 2.45) is 0 Å². The molecule has 0 radical (unpaired) electrons. The number of rotatable bonds is 4. The van der Waals surface area contributed by atoms with Crippen LogP contribution in [0.3, 0.4) is 0 Å². The van der Waals surface area contributed by atoms with Gasteiger partial charge in [-0.15, -0.1) is 0 Å². The molecule has 0 aliphatic carbocycles. The quantitative estimate of drug-likeness (QED) is 0.760. The van der Waals surface area contributed by atoms with E-state index in [1.807, 2.05) is 19.1 Å². The van der Waals surface area contributed by atoms with Crippen LogP contribution in [0.1, 0.15) is 16.9 Å². The molecule has 0 unspecified atom stereocenters. The molecule has 1 saturated heterocycles. The molecule has 140 valence electrons. The first-order valence-corrected chi connectivity index (χ1v) is 9.19. The van der Waals surface area contributed by atoms with Gasteiger partial charge in [-0.05, 0) is 44.0 Å². The van der Waals surface area contributed by atoms with E-state index < -0.39 is 0 Å². The third kappa shape index (κ3) is 3.72. The van der Waals surface area contributed by atoms with Gasteiger partial charge in [-0.2, -0.15) is 4.98 Å². The number of aryl methyl sites for hydroxylation is 2. The summed E-state index contributed by atoms with van der Waals surface area (Å²) < 4.78 is 5.08. The van der Waals surface area contributed by atoms with Gasteiger partial charge >= 0.3 is 0 Å². The number of piperazine rings is 1. The van der Waals surface area contributed by atoms with E-state index in [4.69, 9.17) is 4.52 Å². The number of benzene rings is 1. The zero-order valence-electron chi connectivity index (χ0n) is 15.9. The Balaban J connectivity index is 1.43. The molecular formula is C20H24N6O. The molecule has 1 aromatic carbocycles. The molecule has 0 atom stereocenters. The third-order valence-electron chi connectivity index (χ3n) is 5.01. The fraction of sp³-hybridized carbons (Fsp3) is 0.350. The summed E-state index contributed by atoms with van der Waals surface area (Å²) >= 11 is 0. The predicted molar refractivity (Wildman–Crippen MR) is 107 cm³/mol. The second-order valence-corrected chi connectivity index (χ2v) is 6.88. The van der Waals surface area contributed by atoms with Crippen molar-refractivity contribution in [2.45, 2.75) is 20.8 Å². The zero-order valence-corrected chi connectivity index (χ0v) is 15.9. The molecule has 0 bridgehead atoms. The van der Waals surface area contributed by atoms with Crippen molar-refractivity contribution in [2.75, 3.05) is 41.3 Å². The number of hydrogen-bond donors (Lipinski definition) is 1. The summed E-state index contributed by atoms with van der Waals surface area (Å²) in [6, 6.07) is 10.2. The van der Waals surface area contributed by atoms with Gasteiger partial charge in [-0.25, -0.2) is 4.98 Å². The Morgan fingerprint density at radius 1 is 0.963 bits per heavy atom. The van der Waals surface area contributed by atoms with Crippen LogP contribution in [0.2, 0.25) is 0 Å². The minimum atomic E-state index is 0.650. The molecule has 4 rings (SSSR count). The van der Waals surface area contributed by atoms with Crippen molar-refractivity contribution in [1.29, 1.82) is 0 Å². The standard InChI is InChI=1S/C20H24N6O/c1-14-5-4-6-17(16(14)3)25-9-11-26(12-10-25)20-21-8-7-18(23-20)22-19-13-15(2)27-24-19/h4-8,13H,9-12H2,1-3H3,(H,21,22,23,24). The lowest BCUT2D eigenvalue weighted by molar-refractivity contribution is 0.400. The molecule has 27 heavy (non-hydrogen) atoms. The lowest BCUT2D eigenvalue weighted by Crippen LogP contribution is -2.47. The van der Waals surface area contributed by atoms with Gasteiger partial charge in [0.2, 0.25) is 5.95 Å². The summed E-state index contributed by atoms with van der Waals surface area (Å²) in [5.74, 6) is 2.86. The maximum absolute atomic E-state index is 5.08. The summed E-state index contributed by atoms with van der Waals surface area (Å²) in [5, 5.41) is 7.10. The number of aromatic nitrogens is 3. The highest BCUT2D eigenvalue weighted by Gasteiger charge is 2.20. The normalized spacial score (nSPS) is 14.5. The first kappa shape index (κ1) is 17.3. The van der Waals surface area contributed by atoms with Crippen LogP contribution in [0, 0.1) is 20.8 Å². The molecule has 3 aromatic rings. The highest BCUT2D eigenvalue weighted by Crippen LogP contribution is 2.25. The van der Waals surface area contributed by atoms with Crippen molar-refractivity contribution in [3.63, 3.8) is 0 Å². The highest BCUT2D eigenvalue weighted by atomic mass is 16.5. The maximum atomic E-state index is 5.08. The van der Waals surface area contributed by atoms with Crippen LogP contribution in [0.25, 0.3) is 0 Å². The predicted octanol–water partition coefficient (Wildman–Crippen LogP) is 3.46. The van der Waals surface area contributed by atoms with Gasteiger partial charge in [-0.1, -0.05) is 17.3 Å². The summed E-state index contributed by atoms with van der Waals surface area (Å²) in [7, 11) is 0. The highest BCUT2D eigenvalue weighted by molar-refractivity contribution is 5.57. The first-order valence-electron chi connectivity index (χ1n) is 9.19. The van der Waals surface area contributed by atoms with E-state index >= 15 is 0 Å². The van der Waals surface area contributed by atoms with E-state index in [1.54, 1.807) is 6.20 Å².